The van der Waals surface area contributed by atoms with E-state index in [1.165, 1.54) is 0 Å². The molecule has 1 heterocycles. The van der Waals surface area contributed by atoms with Crippen molar-refractivity contribution >= 4 is 11.0 Å². The van der Waals surface area contributed by atoms with Crippen LogP contribution in [0.25, 0.3) is 11.0 Å². The summed E-state index contributed by atoms with van der Waals surface area (Å²) in [6.45, 7) is 4.63. The van der Waals surface area contributed by atoms with Crippen LogP contribution in [0.15, 0.2) is 27.6 Å². The smallest absolute Gasteiger partial charge is 0.210 e. The van der Waals surface area contributed by atoms with Gasteiger partial charge in [0, 0.05) is 6.07 Å². The van der Waals surface area contributed by atoms with Crippen LogP contribution in [0, 0.1) is 11.3 Å². The van der Waals surface area contributed by atoms with Crippen LogP contribution < -0.4 is 14.9 Å². The third kappa shape index (κ3) is 2.38. The highest BCUT2D eigenvalue weighted by Crippen LogP contribution is 2.31. The Labute approximate surface area is 110 Å². The normalized spacial score (nSPS) is 10.2. The van der Waals surface area contributed by atoms with Crippen molar-refractivity contribution in [1.29, 1.82) is 5.26 Å². The van der Waals surface area contributed by atoms with Crippen LogP contribution in [-0.4, -0.2) is 13.2 Å². The third-order valence-electron chi connectivity index (χ3n) is 2.56. The van der Waals surface area contributed by atoms with Crippen molar-refractivity contribution < 1.29 is 13.9 Å². The number of ether oxygens (including phenoxy) is 2. The number of nitrogens with zero attached hydrogens (tertiary/aromatic N) is 1. The van der Waals surface area contributed by atoms with Crippen LogP contribution in [0.1, 0.15) is 19.4 Å². The standard InChI is InChI=1S/C14H13NO4/c1-3-17-12-5-10-11(6-13(12)18-4-2)19-8-9(7-15)14(10)16/h5-6,8H,3-4H2,1-2H3. The Morgan fingerprint density at radius 3 is 2.42 bits per heavy atom. The zero-order valence-electron chi connectivity index (χ0n) is 10.7. The fraction of sp³-hybridized carbons (Fsp3) is 0.286. The Kier molecular flexibility index (Phi) is 3.71. The quantitative estimate of drug-likeness (QED) is 0.843. The van der Waals surface area contributed by atoms with Gasteiger partial charge in [-0.2, -0.15) is 5.26 Å². The molecule has 0 unspecified atom stereocenters. The van der Waals surface area contributed by atoms with Gasteiger partial charge in [-0.05, 0) is 19.9 Å². The van der Waals surface area contributed by atoms with Crippen molar-refractivity contribution in [3.8, 4) is 17.6 Å². The van der Waals surface area contributed by atoms with Crippen molar-refractivity contribution in [3.63, 3.8) is 0 Å². The van der Waals surface area contributed by atoms with Crippen molar-refractivity contribution in [1.82, 2.24) is 0 Å². The lowest BCUT2D eigenvalue weighted by atomic mass is 10.1. The fourth-order valence-corrected chi connectivity index (χ4v) is 1.75. The predicted octanol–water partition coefficient (Wildman–Crippen LogP) is 2.46. The lowest BCUT2D eigenvalue weighted by Crippen LogP contribution is -2.07. The van der Waals surface area contributed by atoms with Crippen molar-refractivity contribution in [3.05, 3.63) is 34.2 Å². The van der Waals surface area contributed by atoms with E-state index in [0.717, 1.165) is 6.26 Å². The summed E-state index contributed by atoms with van der Waals surface area (Å²) in [6, 6.07) is 4.96. The Hall–Kier alpha value is -2.48. The number of hydrogen-bond donors (Lipinski definition) is 0. The molecule has 0 bridgehead atoms. The van der Waals surface area contributed by atoms with Gasteiger partial charge in [0.05, 0.1) is 18.6 Å². The molecule has 0 aliphatic carbocycles. The van der Waals surface area contributed by atoms with Crippen LogP contribution in [-0.2, 0) is 0 Å². The van der Waals surface area contributed by atoms with Gasteiger partial charge in [-0.15, -0.1) is 0 Å². The second-order valence-electron chi connectivity index (χ2n) is 3.75. The number of hydrogen-bond acceptors (Lipinski definition) is 5. The lowest BCUT2D eigenvalue weighted by Gasteiger charge is -2.11. The molecular weight excluding hydrogens is 246 g/mol. The molecule has 0 fully saturated rings. The summed E-state index contributed by atoms with van der Waals surface area (Å²) in [5.41, 5.74) is -0.0252. The summed E-state index contributed by atoms with van der Waals surface area (Å²) in [6.07, 6.45) is 1.15. The molecule has 5 nitrogen and oxygen atoms in total. The van der Waals surface area contributed by atoms with Crippen molar-refractivity contribution in [2.45, 2.75) is 13.8 Å². The maximum absolute atomic E-state index is 12.0. The molecule has 0 saturated carbocycles. The summed E-state index contributed by atoms with van der Waals surface area (Å²) >= 11 is 0. The minimum Gasteiger partial charge on any atom is -0.490 e. The third-order valence-corrected chi connectivity index (χ3v) is 2.56. The highest BCUT2D eigenvalue weighted by molar-refractivity contribution is 5.81. The van der Waals surface area contributed by atoms with Crippen LogP contribution >= 0.6 is 0 Å². The van der Waals surface area contributed by atoms with Crippen molar-refractivity contribution in [2.75, 3.05) is 13.2 Å². The molecule has 0 radical (unpaired) electrons. The van der Waals surface area contributed by atoms with Gasteiger partial charge >= 0.3 is 0 Å². The molecule has 0 saturated heterocycles. The van der Waals surface area contributed by atoms with Gasteiger partial charge in [0.25, 0.3) is 0 Å². The highest BCUT2D eigenvalue weighted by Gasteiger charge is 2.13. The van der Waals surface area contributed by atoms with E-state index in [-0.39, 0.29) is 11.0 Å². The van der Waals surface area contributed by atoms with E-state index in [2.05, 4.69) is 0 Å². The zero-order chi connectivity index (χ0) is 13.8. The van der Waals surface area contributed by atoms with Gasteiger partial charge in [0.15, 0.2) is 11.5 Å². The molecule has 0 aliphatic heterocycles. The largest absolute Gasteiger partial charge is 0.490 e. The van der Waals surface area contributed by atoms with Gasteiger partial charge in [-0.25, -0.2) is 0 Å². The van der Waals surface area contributed by atoms with E-state index in [1.807, 2.05) is 13.8 Å². The molecule has 0 amide bonds. The summed E-state index contributed by atoms with van der Waals surface area (Å²) in [4.78, 5) is 12.0. The molecule has 0 N–H and O–H groups in total. The van der Waals surface area contributed by atoms with Crippen LogP contribution in [0.4, 0.5) is 0 Å². The number of rotatable bonds is 4. The highest BCUT2D eigenvalue weighted by atomic mass is 16.5. The van der Waals surface area contributed by atoms with E-state index in [1.54, 1.807) is 18.2 Å². The predicted molar refractivity (Wildman–Crippen MR) is 69.5 cm³/mol. The molecule has 0 aliphatic rings. The Balaban J connectivity index is 2.71. The first-order valence-electron chi connectivity index (χ1n) is 5.96. The molecule has 0 atom stereocenters. The molecule has 19 heavy (non-hydrogen) atoms. The summed E-state index contributed by atoms with van der Waals surface area (Å²) in [7, 11) is 0. The second-order valence-corrected chi connectivity index (χ2v) is 3.75. The topological polar surface area (TPSA) is 72.5 Å². The number of fused-ring (bicyclic) bond motifs is 1. The first-order chi connectivity index (χ1) is 9.21. The SMILES string of the molecule is CCOc1cc2occ(C#N)c(=O)c2cc1OCC. The van der Waals surface area contributed by atoms with Gasteiger partial charge in [0.1, 0.15) is 23.5 Å². The monoisotopic (exact) mass is 259 g/mol. The molecule has 1 aromatic carbocycles. The zero-order valence-corrected chi connectivity index (χ0v) is 10.7. The molecule has 5 heteroatoms. The maximum atomic E-state index is 12.0. The molecule has 1 aromatic heterocycles. The van der Waals surface area contributed by atoms with Crippen LogP contribution in [0.2, 0.25) is 0 Å². The summed E-state index contributed by atoms with van der Waals surface area (Å²) in [5.74, 6) is 0.990. The minimum atomic E-state index is -0.368. The van der Waals surface area contributed by atoms with Gasteiger partial charge < -0.3 is 13.9 Å². The van der Waals surface area contributed by atoms with E-state index >= 15 is 0 Å². The number of benzene rings is 1. The van der Waals surface area contributed by atoms with Gasteiger partial charge in [-0.3, -0.25) is 4.79 Å². The van der Waals surface area contributed by atoms with E-state index < -0.39 is 0 Å². The van der Waals surface area contributed by atoms with E-state index in [9.17, 15) is 4.79 Å². The Morgan fingerprint density at radius 2 is 1.84 bits per heavy atom. The number of nitriles is 1. The first-order valence-corrected chi connectivity index (χ1v) is 5.96. The summed E-state index contributed by atoms with van der Waals surface area (Å²) in [5, 5.41) is 9.13. The van der Waals surface area contributed by atoms with E-state index in [0.29, 0.717) is 35.7 Å². The average Bonchev–Trinajstić information content (AvgIpc) is 2.41. The minimum absolute atomic E-state index is 0.0286. The van der Waals surface area contributed by atoms with Crippen molar-refractivity contribution in [2.24, 2.45) is 0 Å². The van der Waals surface area contributed by atoms with Crippen LogP contribution in [0.5, 0.6) is 11.5 Å². The molecule has 98 valence electrons. The van der Waals surface area contributed by atoms with E-state index in [4.69, 9.17) is 19.2 Å². The first kappa shape index (κ1) is 13.0. The molecule has 2 rings (SSSR count). The lowest BCUT2D eigenvalue weighted by molar-refractivity contribution is 0.288. The average molecular weight is 259 g/mol. The van der Waals surface area contributed by atoms with Gasteiger partial charge in [0.2, 0.25) is 5.43 Å². The Bertz CT molecular complexity index is 697. The molecule has 0 spiro atoms. The molecular formula is C14H13NO4. The second kappa shape index (κ2) is 5.44. The Morgan fingerprint density at radius 1 is 1.21 bits per heavy atom. The summed E-state index contributed by atoms with van der Waals surface area (Å²) < 4.78 is 16.2. The maximum Gasteiger partial charge on any atom is 0.210 e. The van der Waals surface area contributed by atoms with Crippen LogP contribution in [0.3, 0.4) is 0 Å². The van der Waals surface area contributed by atoms with Gasteiger partial charge in [-0.1, -0.05) is 0 Å². The fourth-order valence-electron chi connectivity index (χ4n) is 1.75. The molecule has 2 aromatic rings.